The summed E-state index contributed by atoms with van der Waals surface area (Å²) in [6.45, 7) is 9.52. The van der Waals surface area contributed by atoms with Crippen LogP contribution in [0.15, 0.2) is 54.6 Å². The highest BCUT2D eigenvalue weighted by Gasteiger charge is 2.16. The number of nitrogens with zero attached hydrogens (tertiary/aromatic N) is 1. The molecule has 168 valence electrons. The summed E-state index contributed by atoms with van der Waals surface area (Å²) in [5, 5.41) is 0. The van der Waals surface area contributed by atoms with Crippen molar-refractivity contribution < 1.29 is 18.7 Å². The Labute approximate surface area is 189 Å². The van der Waals surface area contributed by atoms with Crippen LogP contribution in [0.4, 0.5) is 15.8 Å². The molecule has 0 N–H and O–H groups in total. The molecule has 0 bridgehead atoms. The van der Waals surface area contributed by atoms with Crippen molar-refractivity contribution in [1.82, 2.24) is 0 Å². The maximum atomic E-state index is 13.8. The summed E-state index contributed by atoms with van der Waals surface area (Å²) < 4.78 is 24.7. The first kappa shape index (κ1) is 23.3. The molecule has 0 saturated carbocycles. The molecule has 0 aliphatic carbocycles. The van der Waals surface area contributed by atoms with E-state index in [1.807, 2.05) is 72.0 Å². The molecule has 0 aromatic heterocycles. The summed E-state index contributed by atoms with van der Waals surface area (Å²) in [5.74, 6) is -0.0177. The Bertz CT molecular complexity index is 1120. The summed E-state index contributed by atoms with van der Waals surface area (Å²) in [6, 6.07) is 16.7. The van der Waals surface area contributed by atoms with Gasteiger partial charge in [0.15, 0.2) is 6.61 Å². The maximum absolute atomic E-state index is 13.8. The van der Waals surface area contributed by atoms with Gasteiger partial charge in [0.1, 0.15) is 11.6 Å². The Morgan fingerprint density at radius 1 is 1.00 bits per heavy atom. The molecule has 3 aromatic carbocycles. The molecule has 0 aliphatic rings. The summed E-state index contributed by atoms with van der Waals surface area (Å²) in [5.41, 5.74) is 6.84. The van der Waals surface area contributed by atoms with E-state index in [1.165, 1.54) is 6.07 Å². The lowest BCUT2D eigenvalue weighted by atomic mass is 10.0. The smallest absolute Gasteiger partial charge is 0.344 e. The molecule has 0 atom stereocenters. The van der Waals surface area contributed by atoms with E-state index in [1.54, 1.807) is 12.1 Å². The number of anilines is 2. The van der Waals surface area contributed by atoms with Crippen molar-refractivity contribution in [3.8, 4) is 16.9 Å². The molecule has 0 amide bonds. The average Bonchev–Trinajstić information content (AvgIpc) is 2.72. The Kier molecular flexibility index (Phi) is 7.18. The lowest BCUT2D eigenvalue weighted by molar-refractivity contribution is -0.149. The average molecular weight is 436 g/mol. The number of aryl methyl sites for hydroxylation is 2. The standard InChI is InChI=1S/C27H30FNO3/c1-17(2)32-26(30)16-31-25-11-10-19(4)27(20(25)5)29(6)24-13-18(3)12-22(15-24)21-8-7-9-23(28)14-21/h7-15,17H,16H2,1-6H3. The fourth-order valence-corrected chi connectivity index (χ4v) is 3.84. The Balaban J connectivity index is 1.93. The van der Waals surface area contributed by atoms with Crippen molar-refractivity contribution in [3.63, 3.8) is 0 Å². The number of carbonyl (C=O) groups excluding carboxylic acids is 1. The van der Waals surface area contributed by atoms with E-state index in [2.05, 4.69) is 11.0 Å². The monoisotopic (exact) mass is 435 g/mol. The summed E-state index contributed by atoms with van der Waals surface area (Å²) >= 11 is 0. The van der Waals surface area contributed by atoms with Gasteiger partial charge in [0, 0.05) is 18.3 Å². The van der Waals surface area contributed by atoms with Crippen LogP contribution < -0.4 is 9.64 Å². The predicted octanol–water partition coefficient (Wildman–Crippen LogP) is 6.52. The van der Waals surface area contributed by atoms with Gasteiger partial charge >= 0.3 is 5.97 Å². The highest BCUT2D eigenvalue weighted by molar-refractivity contribution is 5.77. The number of rotatable bonds is 7. The quantitative estimate of drug-likeness (QED) is 0.396. The first-order chi connectivity index (χ1) is 15.2. The van der Waals surface area contributed by atoms with Gasteiger partial charge in [0.2, 0.25) is 0 Å². The van der Waals surface area contributed by atoms with E-state index in [9.17, 15) is 9.18 Å². The molecule has 0 unspecified atom stereocenters. The maximum Gasteiger partial charge on any atom is 0.344 e. The summed E-state index contributed by atoms with van der Waals surface area (Å²) in [4.78, 5) is 14.0. The van der Waals surface area contributed by atoms with E-state index in [4.69, 9.17) is 9.47 Å². The number of benzene rings is 3. The molecule has 4 nitrogen and oxygen atoms in total. The van der Waals surface area contributed by atoms with Gasteiger partial charge in [-0.1, -0.05) is 24.3 Å². The van der Waals surface area contributed by atoms with Gasteiger partial charge in [-0.15, -0.1) is 0 Å². The van der Waals surface area contributed by atoms with E-state index in [0.29, 0.717) is 5.75 Å². The molecule has 5 heteroatoms. The SMILES string of the molecule is Cc1cc(-c2cccc(F)c2)cc(N(C)c2c(C)ccc(OCC(=O)OC(C)C)c2C)c1. The largest absolute Gasteiger partial charge is 0.482 e. The lowest BCUT2D eigenvalue weighted by Crippen LogP contribution is -2.19. The van der Waals surface area contributed by atoms with Crippen molar-refractivity contribution in [2.24, 2.45) is 0 Å². The van der Waals surface area contributed by atoms with Crippen LogP contribution in [0.5, 0.6) is 5.75 Å². The van der Waals surface area contributed by atoms with Gasteiger partial charge < -0.3 is 14.4 Å². The van der Waals surface area contributed by atoms with Crippen LogP contribution >= 0.6 is 0 Å². The minimum Gasteiger partial charge on any atom is -0.482 e. The molecule has 3 aromatic rings. The fraction of sp³-hybridized carbons (Fsp3) is 0.296. The molecule has 0 aliphatic heterocycles. The van der Waals surface area contributed by atoms with E-state index >= 15 is 0 Å². The summed E-state index contributed by atoms with van der Waals surface area (Å²) in [7, 11) is 2.00. The fourth-order valence-electron chi connectivity index (χ4n) is 3.84. The summed E-state index contributed by atoms with van der Waals surface area (Å²) in [6.07, 6.45) is -0.180. The second-order valence-corrected chi connectivity index (χ2v) is 8.31. The molecular formula is C27H30FNO3. The molecule has 0 radical (unpaired) electrons. The first-order valence-corrected chi connectivity index (χ1v) is 10.7. The van der Waals surface area contributed by atoms with Gasteiger partial charge in [-0.3, -0.25) is 0 Å². The second-order valence-electron chi connectivity index (χ2n) is 8.31. The zero-order valence-corrected chi connectivity index (χ0v) is 19.5. The van der Waals surface area contributed by atoms with Crippen LogP contribution in [0.3, 0.4) is 0 Å². The molecular weight excluding hydrogens is 405 g/mol. The van der Waals surface area contributed by atoms with E-state index < -0.39 is 5.97 Å². The normalized spacial score (nSPS) is 10.9. The zero-order valence-electron chi connectivity index (χ0n) is 19.5. The number of esters is 1. The molecule has 32 heavy (non-hydrogen) atoms. The minimum atomic E-state index is -0.395. The number of ether oxygens (including phenoxy) is 2. The van der Waals surface area contributed by atoms with E-state index in [-0.39, 0.29) is 18.5 Å². The highest BCUT2D eigenvalue weighted by Crippen LogP contribution is 2.37. The van der Waals surface area contributed by atoms with Crippen molar-refractivity contribution in [2.45, 2.75) is 40.7 Å². The predicted molar refractivity (Wildman–Crippen MR) is 127 cm³/mol. The highest BCUT2D eigenvalue weighted by atomic mass is 19.1. The molecule has 3 rings (SSSR count). The number of carbonyl (C=O) groups is 1. The van der Waals surface area contributed by atoms with Crippen molar-refractivity contribution in [3.05, 3.63) is 77.1 Å². The van der Waals surface area contributed by atoms with Crippen LogP contribution in [0.1, 0.15) is 30.5 Å². The Morgan fingerprint density at radius 2 is 1.75 bits per heavy atom. The molecule has 0 fully saturated rings. The van der Waals surface area contributed by atoms with Crippen molar-refractivity contribution >= 4 is 17.3 Å². The third-order valence-electron chi connectivity index (χ3n) is 5.24. The Morgan fingerprint density at radius 3 is 2.44 bits per heavy atom. The Hall–Kier alpha value is -3.34. The van der Waals surface area contributed by atoms with Gasteiger partial charge in [-0.05, 0) is 87.2 Å². The minimum absolute atomic E-state index is 0.139. The van der Waals surface area contributed by atoms with Crippen molar-refractivity contribution in [1.29, 1.82) is 0 Å². The van der Waals surface area contributed by atoms with Gasteiger partial charge in [-0.2, -0.15) is 0 Å². The second kappa shape index (κ2) is 9.86. The third kappa shape index (κ3) is 5.47. The molecule has 0 saturated heterocycles. The first-order valence-electron chi connectivity index (χ1n) is 10.7. The topological polar surface area (TPSA) is 38.8 Å². The lowest BCUT2D eigenvalue weighted by Gasteiger charge is -2.26. The number of hydrogen-bond acceptors (Lipinski definition) is 4. The number of hydrogen-bond donors (Lipinski definition) is 0. The zero-order chi connectivity index (χ0) is 23.4. The van der Waals surface area contributed by atoms with E-state index in [0.717, 1.165) is 39.2 Å². The van der Waals surface area contributed by atoms with Gasteiger partial charge in [0.25, 0.3) is 0 Å². The number of halogens is 1. The molecule has 0 heterocycles. The van der Waals surface area contributed by atoms with Crippen LogP contribution in [-0.2, 0) is 9.53 Å². The van der Waals surface area contributed by atoms with Gasteiger partial charge in [-0.25, -0.2) is 9.18 Å². The molecule has 0 spiro atoms. The van der Waals surface area contributed by atoms with Gasteiger partial charge in [0.05, 0.1) is 11.8 Å². The van der Waals surface area contributed by atoms with Crippen LogP contribution in [0, 0.1) is 26.6 Å². The van der Waals surface area contributed by atoms with Crippen LogP contribution in [0.2, 0.25) is 0 Å². The third-order valence-corrected chi connectivity index (χ3v) is 5.24. The van der Waals surface area contributed by atoms with Crippen molar-refractivity contribution in [2.75, 3.05) is 18.6 Å². The van der Waals surface area contributed by atoms with Crippen LogP contribution in [-0.4, -0.2) is 25.7 Å². The van der Waals surface area contributed by atoms with Crippen LogP contribution in [0.25, 0.3) is 11.1 Å².